The smallest absolute Gasteiger partial charge is 0.238 e. The first-order valence-corrected chi connectivity index (χ1v) is 18.1. The van der Waals surface area contributed by atoms with E-state index in [1.54, 1.807) is 30.3 Å². The SMILES string of the molecule is C=Cc1ccc(N2C(=O)[C@H]3[C@H](CC=C4[C@H]3C[C@H]3C(=O)C(c5ccccc5)=CC(=O)[C@@]3(c3ccccc3)[C@H]4C=Cc3cc(OC)c(O)c(OC)c3)C2=O)cc1. The number of ether oxygens (including phenoxy) is 2. The number of fused-ring (bicyclic) bond motifs is 4. The van der Waals surface area contributed by atoms with Gasteiger partial charge in [0.15, 0.2) is 23.1 Å². The molecule has 4 aliphatic rings. The number of nitrogens with zero attached hydrogens (tertiary/aromatic N) is 1. The van der Waals surface area contributed by atoms with Crippen molar-refractivity contribution in [3.63, 3.8) is 0 Å². The van der Waals surface area contributed by atoms with Gasteiger partial charge in [-0.25, -0.2) is 0 Å². The molecule has 0 bridgehead atoms. The highest BCUT2D eigenvalue weighted by Crippen LogP contribution is 2.61. The van der Waals surface area contributed by atoms with E-state index in [9.17, 15) is 14.7 Å². The third kappa shape index (κ3) is 5.27. The molecule has 1 aliphatic heterocycles. The van der Waals surface area contributed by atoms with Gasteiger partial charge in [-0.05, 0) is 71.4 Å². The molecule has 0 radical (unpaired) electrons. The Morgan fingerprint density at radius 3 is 2.09 bits per heavy atom. The number of hydrogen-bond acceptors (Lipinski definition) is 7. The maximum atomic E-state index is 15.2. The lowest BCUT2D eigenvalue weighted by molar-refractivity contribution is -0.135. The Labute approximate surface area is 313 Å². The summed E-state index contributed by atoms with van der Waals surface area (Å²) in [6, 6.07) is 29.1. The van der Waals surface area contributed by atoms with E-state index in [4.69, 9.17) is 9.47 Å². The van der Waals surface area contributed by atoms with Gasteiger partial charge in [-0.3, -0.25) is 24.1 Å². The summed E-state index contributed by atoms with van der Waals surface area (Å²) >= 11 is 0. The van der Waals surface area contributed by atoms with Gasteiger partial charge in [0.2, 0.25) is 17.6 Å². The number of anilines is 1. The van der Waals surface area contributed by atoms with Crippen molar-refractivity contribution in [2.75, 3.05) is 19.1 Å². The summed E-state index contributed by atoms with van der Waals surface area (Å²) in [5, 5.41) is 10.6. The molecular formula is C46H39NO7. The largest absolute Gasteiger partial charge is 0.502 e. The average molecular weight is 718 g/mol. The van der Waals surface area contributed by atoms with E-state index in [2.05, 4.69) is 6.58 Å². The molecule has 2 amide bonds. The summed E-state index contributed by atoms with van der Waals surface area (Å²) in [6.45, 7) is 3.81. The van der Waals surface area contributed by atoms with Gasteiger partial charge in [0.25, 0.3) is 0 Å². The number of methoxy groups -OCH3 is 2. The van der Waals surface area contributed by atoms with Crippen molar-refractivity contribution in [3.05, 3.63) is 150 Å². The Kier molecular flexibility index (Phi) is 8.77. The predicted octanol–water partition coefficient (Wildman–Crippen LogP) is 7.63. The number of phenols is 1. The van der Waals surface area contributed by atoms with Crippen LogP contribution in [0.3, 0.4) is 0 Å². The fourth-order valence-corrected chi connectivity index (χ4v) is 9.35. The second-order valence-corrected chi connectivity index (χ2v) is 14.3. The second-order valence-electron chi connectivity index (χ2n) is 14.3. The summed E-state index contributed by atoms with van der Waals surface area (Å²) in [4.78, 5) is 60.2. The quantitative estimate of drug-likeness (QED) is 0.148. The molecule has 1 heterocycles. The zero-order chi connectivity index (χ0) is 37.7. The lowest BCUT2D eigenvalue weighted by Crippen LogP contribution is -2.59. The van der Waals surface area contributed by atoms with Crippen molar-refractivity contribution in [3.8, 4) is 17.2 Å². The van der Waals surface area contributed by atoms with Crippen LogP contribution in [0.25, 0.3) is 17.7 Å². The minimum atomic E-state index is -1.35. The van der Waals surface area contributed by atoms with Crippen LogP contribution < -0.4 is 14.4 Å². The van der Waals surface area contributed by atoms with E-state index >= 15 is 9.59 Å². The van der Waals surface area contributed by atoms with Gasteiger partial charge < -0.3 is 14.6 Å². The molecule has 4 aromatic rings. The molecule has 0 unspecified atom stereocenters. The molecule has 1 saturated heterocycles. The highest BCUT2D eigenvalue weighted by Gasteiger charge is 2.65. The van der Waals surface area contributed by atoms with Gasteiger partial charge in [-0.2, -0.15) is 0 Å². The van der Waals surface area contributed by atoms with E-state index in [0.29, 0.717) is 34.4 Å². The number of amides is 2. The minimum Gasteiger partial charge on any atom is -0.502 e. The molecule has 4 aromatic carbocycles. The van der Waals surface area contributed by atoms with Crippen LogP contribution in [-0.2, 0) is 24.6 Å². The van der Waals surface area contributed by atoms with Crippen LogP contribution in [0.5, 0.6) is 17.2 Å². The normalized spacial score (nSPS) is 26.1. The standard InChI is InChI=1S/C46H39NO7/c1-4-27-15-18-31(19-16-27)47-44(51)33-21-20-32-35(41(33)45(47)52)25-37-42(49)34(29-11-7-5-8-12-29)26-40(48)46(37,30-13-9-6-10-14-30)36(32)22-17-28-23-38(53-2)43(50)39(24-28)54-3/h4-20,22-24,26,33,35-37,41,50H,1,21,25H2,2-3H3/t33-,35+,36-,37-,41-,46-/m0/s1. The van der Waals surface area contributed by atoms with Gasteiger partial charge in [0.05, 0.1) is 37.2 Å². The third-order valence-corrected chi connectivity index (χ3v) is 11.8. The second kappa shape index (κ2) is 13.6. The topological polar surface area (TPSA) is 110 Å². The molecule has 6 atom stereocenters. The molecule has 1 N–H and O–H groups in total. The number of Topliss-reactive ketones (excluding diaryl/α,β-unsaturated/α-hetero) is 1. The summed E-state index contributed by atoms with van der Waals surface area (Å²) in [7, 11) is 2.90. The Morgan fingerprint density at radius 1 is 0.815 bits per heavy atom. The van der Waals surface area contributed by atoms with Crippen LogP contribution in [0.1, 0.15) is 35.1 Å². The zero-order valence-electron chi connectivity index (χ0n) is 30.0. The lowest BCUT2D eigenvalue weighted by Gasteiger charge is -2.54. The number of phenolic OH excluding ortho intramolecular Hbond substituents is 1. The maximum Gasteiger partial charge on any atom is 0.238 e. The first-order valence-electron chi connectivity index (χ1n) is 18.1. The summed E-state index contributed by atoms with van der Waals surface area (Å²) in [6.07, 6.45) is 9.54. The third-order valence-electron chi connectivity index (χ3n) is 11.8. The van der Waals surface area contributed by atoms with Gasteiger partial charge in [0.1, 0.15) is 0 Å². The van der Waals surface area contributed by atoms with Crippen molar-refractivity contribution in [2.45, 2.75) is 18.3 Å². The van der Waals surface area contributed by atoms with Crippen LogP contribution in [0.4, 0.5) is 5.69 Å². The van der Waals surface area contributed by atoms with Crippen LogP contribution in [-0.4, -0.2) is 42.7 Å². The number of carbonyl (C=O) groups is 4. The molecule has 270 valence electrons. The molecule has 2 fully saturated rings. The molecule has 0 aromatic heterocycles. The van der Waals surface area contributed by atoms with Gasteiger partial charge in [-0.15, -0.1) is 0 Å². The van der Waals surface area contributed by atoms with E-state index in [0.717, 1.165) is 11.1 Å². The Balaban J connectivity index is 1.32. The van der Waals surface area contributed by atoms with Crippen molar-refractivity contribution in [1.82, 2.24) is 0 Å². The van der Waals surface area contributed by atoms with Crippen LogP contribution in [0.15, 0.2) is 127 Å². The minimum absolute atomic E-state index is 0.142. The number of imide groups is 1. The fourth-order valence-electron chi connectivity index (χ4n) is 9.35. The Bertz CT molecular complexity index is 2260. The molecule has 0 spiro atoms. The van der Waals surface area contributed by atoms with Crippen molar-refractivity contribution >= 4 is 46.8 Å². The first kappa shape index (κ1) is 34.8. The van der Waals surface area contributed by atoms with E-state index in [1.807, 2.05) is 91.0 Å². The zero-order valence-corrected chi connectivity index (χ0v) is 30.0. The number of carbonyl (C=O) groups excluding carboxylic acids is 4. The van der Waals surface area contributed by atoms with Crippen molar-refractivity contribution < 1.29 is 33.8 Å². The highest BCUT2D eigenvalue weighted by atomic mass is 16.5. The lowest BCUT2D eigenvalue weighted by atomic mass is 9.45. The number of aromatic hydroxyl groups is 1. The molecule has 54 heavy (non-hydrogen) atoms. The Hall–Kier alpha value is -6.28. The molecule has 1 saturated carbocycles. The monoisotopic (exact) mass is 717 g/mol. The molecule has 8 rings (SSSR count). The fraction of sp³-hybridized carbons (Fsp3) is 0.217. The van der Waals surface area contributed by atoms with Crippen LogP contribution in [0.2, 0.25) is 0 Å². The molecular weight excluding hydrogens is 679 g/mol. The molecule has 8 nitrogen and oxygen atoms in total. The average Bonchev–Trinajstić information content (AvgIpc) is 3.47. The van der Waals surface area contributed by atoms with Crippen molar-refractivity contribution in [2.24, 2.45) is 29.6 Å². The van der Waals surface area contributed by atoms with Gasteiger partial charge in [0, 0.05) is 17.4 Å². The number of benzene rings is 4. The number of rotatable bonds is 8. The van der Waals surface area contributed by atoms with Crippen LogP contribution in [0, 0.1) is 29.6 Å². The number of ketones is 2. The Morgan fingerprint density at radius 2 is 1.46 bits per heavy atom. The summed E-state index contributed by atoms with van der Waals surface area (Å²) < 4.78 is 10.9. The number of hydrogen-bond donors (Lipinski definition) is 1. The van der Waals surface area contributed by atoms with E-state index < -0.39 is 35.0 Å². The van der Waals surface area contributed by atoms with E-state index in [-0.39, 0.29) is 47.1 Å². The maximum absolute atomic E-state index is 15.2. The van der Waals surface area contributed by atoms with E-state index in [1.165, 1.54) is 25.2 Å². The van der Waals surface area contributed by atoms with Crippen LogP contribution >= 0.6 is 0 Å². The molecule has 3 aliphatic carbocycles. The molecule has 8 heteroatoms. The first-order chi connectivity index (χ1) is 26.2. The summed E-state index contributed by atoms with van der Waals surface area (Å²) in [5.74, 6) is -4.02. The summed E-state index contributed by atoms with van der Waals surface area (Å²) in [5.41, 5.74) is 3.19. The highest BCUT2D eigenvalue weighted by molar-refractivity contribution is 6.31. The van der Waals surface area contributed by atoms with Gasteiger partial charge >= 0.3 is 0 Å². The predicted molar refractivity (Wildman–Crippen MR) is 207 cm³/mol. The van der Waals surface area contributed by atoms with Crippen molar-refractivity contribution in [1.29, 1.82) is 0 Å². The van der Waals surface area contributed by atoms with Gasteiger partial charge in [-0.1, -0.05) is 109 Å². The number of allylic oxidation sites excluding steroid dienone is 5.